The van der Waals surface area contributed by atoms with Gasteiger partial charge in [0, 0.05) is 23.3 Å². The molecule has 0 N–H and O–H groups in total. The topological polar surface area (TPSA) is 30.0 Å². The van der Waals surface area contributed by atoms with E-state index < -0.39 is 5.82 Å². The molecular formula is C16H10FNO. The zero-order valence-corrected chi connectivity index (χ0v) is 10.0. The van der Waals surface area contributed by atoms with Crippen LogP contribution in [0, 0.1) is 5.82 Å². The average molecular weight is 251 g/mol. The van der Waals surface area contributed by atoms with Crippen LogP contribution in [0.3, 0.4) is 0 Å². The van der Waals surface area contributed by atoms with Crippen molar-refractivity contribution < 1.29 is 9.18 Å². The van der Waals surface area contributed by atoms with Crippen LogP contribution >= 0.6 is 0 Å². The van der Waals surface area contributed by atoms with E-state index in [0.717, 1.165) is 21.9 Å². The highest BCUT2D eigenvalue weighted by Gasteiger charge is 2.09. The predicted octanol–water partition coefficient (Wildman–Crippen LogP) is 3.85. The van der Waals surface area contributed by atoms with Crippen molar-refractivity contribution >= 4 is 17.1 Å². The Morgan fingerprint density at radius 1 is 1.05 bits per heavy atom. The van der Waals surface area contributed by atoms with Crippen LogP contribution in [0.5, 0.6) is 0 Å². The zero-order chi connectivity index (χ0) is 13.2. The van der Waals surface area contributed by atoms with Gasteiger partial charge in [-0.15, -0.1) is 0 Å². The van der Waals surface area contributed by atoms with Gasteiger partial charge < -0.3 is 0 Å². The Morgan fingerprint density at radius 2 is 1.95 bits per heavy atom. The van der Waals surface area contributed by atoms with Gasteiger partial charge in [0.15, 0.2) is 6.29 Å². The van der Waals surface area contributed by atoms with E-state index in [-0.39, 0.29) is 0 Å². The van der Waals surface area contributed by atoms with Crippen LogP contribution in [-0.4, -0.2) is 11.3 Å². The smallest absolute Gasteiger partial charge is 0.150 e. The molecule has 3 aromatic rings. The largest absolute Gasteiger partial charge is 0.298 e. The molecule has 3 rings (SSSR count). The summed E-state index contributed by atoms with van der Waals surface area (Å²) in [5.41, 5.74) is 1.94. The van der Waals surface area contributed by atoms with Gasteiger partial charge in [-0.05, 0) is 34.7 Å². The second-order valence-corrected chi connectivity index (χ2v) is 4.25. The molecule has 92 valence electrons. The molecule has 0 amide bonds. The Morgan fingerprint density at radius 3 is 2.79 bits per heavy atom. The van der Waals surface area contributed by atoms with Crippen LogP contribution in [0.1, 0.15) is 10.4 Å². The molecule has 0 saturated carbocycles. The molecule has 0 atom stereocenters. The molecule has 2 aromatic carbocycles. The highest BCUT2D eigenvalue weighted by atomic mass is 19.1. The second-order valence-electron chi connectivity index (χ2n) is 4.25. The molecule has 0 bridgehead atoms. The number of fused-ring (bicyclic) bond motifs is 1. The third kappa shape index (κ3) is 1.99. The molecule has 0 saturated heterocycles. The number of halogens is 1. The molecule has 0 aliphatic carbocycles. The summed E-state index contributed by atoms with van der Waals surface area (Å²) in [5, 5.41) is 1.98. The molecule has 1 heterocycles. The predicted molar refractivity (Wildman–Crippen MR) is 72.5 cm³/mol. The third-order valence-corrected chi connectivity index (χ3v) is 3.11. The molecular weight excluding hydrogens is 241 g/mol. The first-order valence-corrected chi connectivity index (χ1v) is 5.87. The summed E-state index contributed by atoms with van der Waals surface area (Å²) in [5.74, 6) is -0.413. The number of carbonyl (C=O) groups excluding carboxylic acids is 1. The van der Waals surface area contributed by atoms with Gasteiger partial charge in [-0.1, -0.05) is 24.3 Å². The van der Waals surface area contributed by atoms with Gasteiger partial charge in [-0.3, -0.25) is 9.78 Å². The molecule has 0 aliphatic rings. The van der Waals surface area contributed by atoms with Crippen molar-refractivity contribution in [3.63, 3.8) is 0 Å². The number of benzene rings is 2. The van der Waals surface area contributed by atoms with Gasteiger partial charge in [0.05, 0.1) is 0 Å². The number of pyridine rings is 1. The Labute approximate surface area is 109 Å². The fourth-order valence-electron chi connectivity index (χ4n) is 2.22. The van der Waals surface area contributed by atoms with Crippen LogP contribution in [0.2, 0.25) is 0 Å². The SMILES string of the molecule is O=Cc1cc(F)ccc1-c1cccc2ccncc12. The minimum atomic E-state index is -0.413. The number of hydrogen-bond acceptors (Lipinski definition) is 2. The van der Waals surface area contributed by atoms with E-state index in [0.29, 0.717) is 11.8 Å². The Hall–Kier alpha value is -2.55. The number of aromatic nitrogens is 1. The first kappa shape index (κ1) is 11.5. The van der Waals surface area contributed by atoms with Crippen LogP contribution in [0.4, 0.5) is 4.39 Å². The molecule has 2 nitrogen and oxygen atoms in total. The van der Waals surface area contributed by atoms with E-state index in [2.05, 4.69) is 4.98 Å². The van der Waals surface area contributed by atoms with E-state index in [1.807, 2.05) is 24.3 Å². The summed E-state index contributed by atoms with van der Waals surface area (Å²) in [6.07, 6.45) is 4.15. The number of nitrogens with zero attached hydrogens (tertiary/aromatic N) is 1. The van der Waals surface area contributed by atoms with Crippen molar-refractivity contribution in [1.82, 2.24) is 4.98 Å². The summed E-state index contributed by atoms with van der Waals surface area (Å²) in [4.78, 5) is 15.2. The highest BCUT2D eigenvalue weighted by molar-refractivity contribution is 6.00. The van der Waals surface area contributed by atoms with E-state index >= 15 is 0 Å². The van der Waals surface area contributed by atoms with Crippen LogP contribution < -0.4 is 0 Å². The summed E-state index contributed by atoms with van der Waals surface area (Å²) >= 11 is 0. The average Bonchev–Trinajstić information content (AvgIpc) is 2.46. The zero-order valence-electron chi connectivity index (χ0n) is 10.0. The molecule has 0 spiro atoms. The Kier molecular flexibility index (Phi) is 2.80. The second kappa shape index (κ2) is 4.61. The summed E-state index contributed by atoms with van der Waals surface area (Å²) in [7, 11) is 0. The van der Waals surface area contributed by atoms with Crippen molar-refractivity contribution in [3.05, 3.63) is 66.2 Å². The lowest BCUT2D eigenvalue weighted by atomic mass is 9.96. The molecule has 0 radical (unpaired) electrons. The maximum Gasteiger partial charge on any atom is 0.150 e. The molecule has 0 unspecified atom stereocenters. The molecule has 3 heteroatoms. The minimum absolute atomic E-state index is 0.344. The van der Waals surface area contributed by atoms with E-state index in [9.17, 15) is 9.18 Å². The van der Waals surface area contributed by atoms with Crippen LogP contribution in [0.25, 0.3) is 21.9 Å². The minimum Gasteiger partial charge on any atom is -0.298 e. The lowest BCUT2D eigenvalue weighted by molar-refractivity contribution is 0.112. The molecule has 0 fully saturated rings. The maximum atomic E-state index is 13.2. The molecule has 19 heavy (non-hydrogen) atoms. The van der Waals surface area contributed by atoms with Crippen molar-refractivity contribution in [1.29, 1.82) is 0 Å². The van der Waals surface area contributed by atoms with E-state index in [4.69, 9.17) is 0 Å². The fraction of sp³-hybridized carbons (Fsp3) is 0. The Balaban J connectivity index is 2.33. The van der Waals surface area contributed by atoms with Gasteiger partial charge in [-0.25, -0.2) is 4.39 Å². The lowest BCUT2D eigenvalue weighted by Gasteiger charge is -2.08. The highest BCUT2D eigenvalue weighted by Crippen LogP contribution is 2.30. The molecule has 1 aromatic heterocycles. The number of rotatable bonds is 2. The van der Waals surface area contributed by atoms with Gasteiger partial charge >= 0.3 is 0 Å². The number of carbonyl (C=O) groups is 1. The standard InChI is InChI=1S/C16H10FNO/c17-13-4-5-14(12(8-13)10-19)15-3-1-2-11-6-7-18-9-16(11)15/h1-10H. The van der Waals surface area contributed by atoms with Crippen LogP contribution in [-0.2, 0) is 0 Å². The van der Waals surface area contributed by atoms with Crippen LogP contribution in [0.15, 0.2) is 54.9 Å². The maximum absolute atomic E-state index is 13.2. The van der Waals surface area contributed by atoms with Gasteiger partial charge in [0.2, 0.25) is 0 Å². The number of aldehydes is 1. The third-order valence-electron chi connectivity index (χ3n) is 3.11. The molecule has 0 aliphatic heterocycles. The lowest BCUT2D eigenvalue weighted by Crippen LogP contribution is -1.90. The van der Waals surface area contributed by atoms with Gasteiger partial charge in [-0.2, -0.15) is 0 Å². The number of hydrogen-bond donors (Lipinski definition) is 0. The van der Waals surface area contributed by atoms with Crippen molar-refractivity contribution in [3.8, 4) is 11.1 Å². The van der Waals surface area contributed by atoms with Gasteiger partial charge in [0.1, 0.15) is 5.82 Å². The van der Waals surface area contributed by atoms with Crippen molar-refractivity contribution in [2.75, 3.05) is 0 Å². The summed E-state index contributed by atoms with van der Waals surface area (Å²) in [6.45, 7) is 0. The first-order chi connectivity index (χ1) is 9.29. The monoisotopic (exact) mass is 251 g/mol. The summed E-state index contributed by atoms with van der Waals surface area (Å²) < 4.78 is 13.2. The first-order valence-electron chi connectivity index (χ1n) is 5.87. The normalized spacial score (nSPS) is 10.6. The fourth-order valence-corrected chi connectivity index (χ4v) is 2.22. The van der Waals surface area contributed by atoms with E-state index in [1.54, 1.807) is 18.5 Å². The Bertz CT molecular complexity index is 762. The van der Waals surface area contributed by atoms with Gasteiger partial charge in [0.25, 0.3) is 0 Å². The van der Waals surface area contributed by atoms with Crippen molar-refractivity contribution in [2.45, 2.75) is 0 Å². The summed E-state index contributed by atoms with van der Waals surface area (Å²) in [6, 6.07) is 11.9. The van der Waals surface area contributed by atoms with E-state index in [1.165, 1.54) is 12.1 Å². The van der Waals surface area contributed by atoms with Crippen molar-refractivity contribution in [2.24, 2.45) is 0 Å². The quantitative estimate of drug-likeness (QED) is 0.647.